The SMILES string of the molecule is CN(C(=O)C1=NN(c2ccccc2)C(c2ccccc2)C1)C(C(N)=O)c1cccc(F)c1. The molecule has 2 atom stereocenters. The lowest BCUT2D eigenvalue weighted by Gasteiger charge is -2.26. The van der Waals surface area contributed by atoms with Crippen molar-refractivity contribution in [2.75, 3.05) is 12.1 Å². The number of benzene rings is 3. The van der Waals surface area contributed by atoms with E-state index in [1.54, 1.807) is 6.07 Å². The van der Waals surface area contributed by atoms with Crippen LogP contribution >= 0.6 is 0 Å². The van der Waals surface area contributed by atoms with Crippen molar-refractivity contribution in [3.63, 3.8) is 0 Å². The Morgan fingerprint density at radius 3 is 2.31 bits per heavy atom. The Morgan fingerprint density at radius 2 is 1.69 bits per heavy atom. The first-order valence-corrected chi connectivity index (χ1v) is 10.2. The van der Waals surface area contributed by atoms with Gasteiger partial charge in [0.1, 0.15) is 17.6 Å². The van der Waals surface area contributed by atoms with E-state index in [9.17, 15) is 14.0 Å². The molecule has 0 saturated heterocycles. The third kappa shape index (κ3) is 4.23. The molecule has 2 N–H and O–H groups in total. The molecule has 6 nitrogen and oxygen atoms in total. The van der Waals surface area contributed by atoms with Crippen molar-refractivity contribution in [3.05, 3.63) is 102 Å². The van der Waals surface area contributed by atoms with Gasteiger partial charge in [-0.15, -0.1) is 0 Å². The fourth-order valence-corrected chi connectivity index (χ4v) is 3.97. The summed E-state index contributed by atoms with van der Waals surface area (Å²) in [4.78, 5) is 26.8. The van der Waals surface area contributed by atoms with Crippen LogP contribution in [0.2, 0.25) is 0 Å². The Labute approximate surface area is 185 Å². The molecular formula is C25H23FN4O2. The summed E-state index contributed by atoms with van der Waals surface area (Å²) in [6.07, 6.45) is 0.358. The van der Waals surface area contributed by atoms with Crippen LogP contribution in [-0.2, 0) is 9.59 Å². The Bertz CT molecular complexity index is 1150. The molecule has 0 saturated carbocycles. The van der Waals surface area contributed by atoms with Gasteiger partial charge in [0.25, 0.3) is 5.91 Å². The number of primary amides is 1. The number of nitrogens with zero attached hydrogens (tertiary/aromatic N) is 3. The molecule has 1 aliphatic heterocycles. The summed E-state index contributed by atoms with van der Waals surface area (Å²) in [5.74, 6) is -1.69. The van der Waals surface area contributed by atoms with Crippen molar-refractivity contribution < 1.29 is 14.0 Å². The molecule has 162 valence electrons. The van der Waals surface area contributed by atoms with E-state index >= 15 is 0 Å². The number of anilines is 1. The zero-order valence-electron chi connectivity index (χ0n) is 17.6. The number of nitrogens with two attached hydrogens (primary N) is 1. The first-order valence-electron chi connectivity index (χ1n) is 10.2. The standard InChI is InChI=1S/C25H23FN4O2/c1-29(23(24(27)31)18-11-8-12-19(26)15-18)25(32)21-16-22(17-9-4-2-5-10-17)30(28-21)20-13-6-3-7-14-20/h2-15,22-23H,16H2,1H3,(H2,27,31). The van der Waals surface area contributed by atoms with Gasteiger partial charge in [0.15, 0.2) is 0 Å². The van der Waals surface area contributed by atoms with E-state index in [1.807, 2.05) is 65.7 Å². The van der Waals surface area contributed by atoms with Crippen molar-refractivity contribution >= 4 is 23.2 Å². The zero-order chi connectivity index (χ0) is 22.7. The molecule has 3 aromatic carbocycles. The van der Waals surface area contributed by atoms with Crippen LogP contribution in [0.3, 0.4) is 0 Å². The summed E-state index contributed by atoms with van der Waals surface area (Å²) >= 11 is 0. The normalized spacial score (nSPS) is 16.4. The maximum absolute atomic E-state index is 13.7. The lowest BCUT2D eigenvalue weighted by atomic mass is 10.00. The van der Waals surface area contributed by atoms with Gasteiger partial charge in [-0.25, -0.2) is 4.39 Å². The quantitative estimate of drug-likeness (QED) is 0.646. The molecule has 7 heteroatoms. The van der Waals surface area contributed by atoms with Crippen LogP contribution in [0.15, 0.2) is 90.0 Å². The second-order valence-corrected chi connectivity index (χ2v) is 7.63. The van der Waals surface area contributed by atoms with Gasteiger partial charge in [0, 0.05) is 13.5 Å². The molecule has 1 aliphatic rings. The Balaban J connectivity index is 1.67. The number of likely N-dealkylation sites (N-methyl/N-ethyl adjacent to an activating group) is 1. The highest BCUT2D eigenvalue weighted by Crippen LogP contribution is 2.35. The van der Waals surface area contributed by atoms with Gasteiger partial charge < -0.3 is 10.6 Å². The third-order valence-corrected chi connectivity index (χ3v) is 5.50. The largest absolute Gasteiger partial charge is 0.368 e. The maximum atomic E-state index is 13.7. The van der Waals surface area contributed by atoms with Crippen LogP contribution < -0.4 is 10.7 Å². The van der Waals surface area contributed by atoms with Gasteiger partial charge in [-0.05, 0) is 35.4 Å². The van der Waals surface area contributed by atoms with E-state index in [-0.39, 0.29) is 6.04 Å². The van der Waals surface area contributed by atoms with Crippen molar-refractivity contribution in [1.82, 2.24) is 4.90 Å². The Morgan fingerprint density at radius 1 is 1.03 bits per heavy atom. The van der Waals surface area contributed by atoms with E-state index in [0.717, 1.165) is 11.3 Å². The number of amides is 2. The molecule has 4 rings (SSSR count). The predicted molar refractivity (Wildman–Crippen MR) is 121 cm³/mol. The summed E-state index contributed by atoms with van der Waals surface area (Å²) in [6.45, 7) is 0. The second-order valence-electron chi connectivity index (χ2n) is 7.63. The van der Waals surface area contributed by atoms with Gasteiger partial charge >= 0.3 is 0 Å². The summed E-state index contributed by atoms with van der Waals surface area (Å²) in [6, 6.07) is 23.6. The molecule has 0 bridgehead atoms. The van der Waals surface area contributed by atoms with Crippen molar-refractivity contribution in [2.45, 2.75) is 18.5 Å². The molecule has 0 fully saturated rings. The molecule has 32 heavy (non-hydrogen) atoms. The number of halogens is 1. The first-order chi connectivity index (χ1) is 15.5. The highest BCUT2D eigenvalue weighted by Gasteiger charge is 2.36. The van der Waals surface area contributed by atoms with E-state index in [2.05, 4.69) is 5.10 Å². The molecule has 0 radical (unpaired) electrons. The van der Waals surface area contributed by atoms with Crippen molar-refractivity contribution in [1.29, 1.82) is 0 Å². The van der Waals surface area contributed by atoms with Crippen LogP contribution in [0.25, 0.3) is 0 Å². The average molecular weight is 430 g/mol. The Kier molecular flexibility index (Phi) is 5.98. The topological polar surface area (TPSA) is 79.0 Å². The molecule has 0 aromatic heterocycles. The number of carbonyl (C=O) groups is 2. The zero-order valence-corrected chi connectivity index (χ0v) is 17.6. The highest BCUT2D eigenvalue weighted by molar-refractivity contribution is 6.40. The monoisotopic (exact) mass is 430 g/mol. The predicted octanol–water partition coefficient (Wildman–Crippen LogP) is 3.82. The fourth-order valence-electron chi connectivity index (χ4n) is 3.97. The molecule has 0 spiro atoms. The van der Waals surface area contributed by atoms with Gasteiger partial charge in [-0.3, -0.25) is 14.6 Å². The fraction of sp³-hybridized carbons (Fsp3) is 0.160. The lowest BCUT2D eigenvalue weighted by Crippen LogP contribution is -2.42. The second kappa shape index (κ2) is 9.01. The van der Waals surface area contributed by atoms with Crippen molar-refractivity contribution in [3.8, 4) is 0 Å². The third-order valence-electron chi connectivity index (χ3n) is 5.50. The summed E-state index contributed by atoms with van der Waals surface area (Å²) in [5.41, 5.74) is 8.06. The van der Waals surface area contributed by atoms with Crippen LogP contribution in [0.1, 0.15) is 29.6 Å². The summed E-state index contributed by atoms with van der Waals surface area (Å²) in [7, 11) is 1.48. The smallest absolute Gasteiger partial charge is 0.270 e. The van der Waals surface area contributed by atoms with E-state index < -0.39 is 23.7 Å². The number of carbonyl (C=O) groups excluding carboxylic acids is 2. The minimum Gasteiger partial charge on any atom is -0.368 e. The van der Waals surface area contributed by atoms with Crippen LogP contribution in [0.4, 0.5) is 10.1 Å². The number of hydrogen-bond acceptors (Lipinski definition) is 4. The molecular weight excluding hydrogens is 407 g/mol. The number of hydrazone groups is 1. The number of hydrogen-bond donors (Lipinski definition) is 1. The summed E-state index contributed by atoms with van der Waals surface area (Å²) < 4.78 is 13.7. The van der Waals surface area contributed by atoms with Gasteiger partial charge in [-0.2, -0.15) is 5.10 Å². The lowest BCUT2D eigenvalue weighted by molar-refractivity contribution is -0.133. The van der Waals surface area contributed by atoms with E-state index in [1.165, 1.54) is 30.1 Å². The average Bonchev–Trinajstić information content (AvgIpc) is 3.25. The van der Waals surface area contributed by atoms with Gasteiger partial charge in [0.2, 0.25) is 5.91 Å². The van der Waals surface area contributed by atoms with Gasteiger partial charge in [-0.1, -0.05) is 60.7 Å². The number of para-hydroxylation sites is 1. The molecule has 2 unspecified atom stereocenters. The van der Waals surface area contributed by atoms with Crippen LogP contribution in [0, 0.1) is 5.82 Å². The van der Waals surface area contributed by atoms with Crippen LogP contribution in [0.5, 0.6) is 0 Å². The van der Waals surface area contributed by atoms with Crippen molar-refractivity contribution in [2.24, 2.45) is 10.8 Å². The van der Waals surface area contributed by atoms with E-state index in [4.69, 9.17) is 5.73 Å². The molecule has 0 aliphatic carbocycles. The Hall–Kier alpha value is -4.00. The van der Waals surface area contributed by atoms with Crippen LogP contribution in [-0.4, -0.2) is 29.5 Å². The molecule has 2 amide bonds. The van der Waals surface area contributed by atoms with E-state index in [0.29, 0.717) is 17.7 Å². The minimum absolute atomic E-state index is 0.174. The maximum Gasteiger partial charge on any atom is 0.270 e. The first kappa shape index (κ1) is 21.2. The molecule has 3 aromatic rings. The number of rotatable bonds is 6. The molecule has 1 heterocycles. The van der Waals surface area contributed by atoms with Gasteiger partial charge in [0.05, 0.1) is 11.7 Å². The highest BCUT2D eigenvalue weighted by atomic mass is 19.1. The summed E-state index contributed by atoms with van der Waals surface area (Å²) in [5, 5.41) is 6.44. The minimum atomic E-state index is -1.11.